The first kappa shape index (κ1) is 25.6. The van der Waals surface area contributed by atoms with Crippen molar-refractivity contribution in [1.29, 1.82) is 0 Å². The zero-order valence-electron chi connectivity index (χ0n) is 18.2. The molecule has 5 nitrogen and oxygen atoms in total. The highest BCUT2D eigenvalue weighted by Gasteiger charge is 2.33. The van der Waals surface area contributed by atoms with Gasteiger partial charge in [0.25, 0.3) is 5.56 Å². The largest absolute Gasteiger partial charge is 0.418 e. The molecule has 0 saturated heterocycles. The summed E-state index contributed by atoms with van der Waals surface area (Å²) < 4.78 is 41.1. The molecule has 12 heteroatoms. The summed E-state index contributed by atoms with van der Waals surface area (Å²) in [6.45, 7) is 3.71. The molecule has 0 unspecified atom stereocenters. The normalized spacial score (nSPS) is 11.7. The fourth-order valence-corrected chi connectivity index (χ4v) is 5.55. The molecule has 35 heavy (non-hydrogen) atoms. The van der Waals surface area contributed by atoms with Gasteiger partial charge >= 0.3 is 6.18 Å². The highest BCUT2D eigenvalue weighted by atomic mass is 35.5. The summed E-state index contributed by atoms with van der Waals surface area (Å²) in [5.74, 6) is -0.963. The summed E-state index contributed by atoms with van der Waals surface area (Å²) in [5, 5.41) is 3.47. The van der Waals surface area contributed by atoms with E-state index in [4.69, 9.17) is 23.2 Å². The van der Waals surface area contributed by atoms with E-state index in [1.165, 1.54) is 46.2 Å². The Morgan fingerprint density at radius 1 is 1.14 bits per heavy atom. The number of para-hydroxylation sites is 1. The number of aryl methyl sites for hydroxylation is 2. The van der Waals surface area contributed by atoms with E-state index in [0.29, 0.717) is 20.9 Å². The lowest BCUT2D eigenvalue weighted by molar-refractivity contribution is -0.137. The van der Waals surface area contributed by atoms with Crippen LogP contribution >= 0.6 is 46.3 Å². The van der Waals surface area contributed by atoms with E-state index in [2.05, 4.69) is 10.3 Å². The van der Waals surface area contributed by atoms with Crippen molar-refractivity contribution in [1.82, 2.24) is 9.55 Å². The van der Waals surface area contributed by atoms with E-state index in [1.807, 2.05) is 13.8 Å². The minimum absolute atomic E-state index is 0.196. The van der Waals surface area contributed by atoms with Crippen molar-refractivity contribution in [3.8, 4) is 5.69 Å². The van der Waals surface area contributed by atoms with Crippen LogP contribution in [0.5, 0.6) is 0 Å². The van der Waals surface area contributed by atoms with Crippen molar-refractivity contribution < 1.29 is 18.0 Å². The van der Waals surface area contributed by atoms with Gasteiger partial charge in [-0.15, -0.1) is 11.3 Å². The number of halogens is 5. The van der Waals surface area contributed by atoms with Crippen LogP contribution in [0.1, 0.15) is 16.0 Å². The summed E-state index contributed by atoms with van der Waals surface area (Å²) >= 11 is 14.5. The summed E-state index contributed by atoms with van der Waals surface area (Å²) in [4.78, 5) is 32.1. The maximum atomic E-state index is 13.5. The number of rotatable bonds is 5. The van der Waals surface area contributed by atoms with Crippen LogP contribution in [0, 0.1) is 13.8 Å². The molecule has 182 valence electrons. The van der Waals surface area contributed by atoms with Crippen LogP contribution in [0.15, 0.2) is 52.4 Å². The second kappa shape index (κ2) is 9.85. The van der Waals surface area contributed by atoms with Crippen LogP contribution in [0.25, 0.3) is 15.9 Å². The van der Waals surface area contributed by atoms with E-state index in [-0.39, 0.29) is 27.2 Å². The third-order valence-corrected chi connectivity index (χ3v) is 7.95. The number of nitrogens with one attached hydrogen (secondary N) is 1. The van der Waals surface area contributed by atoms with Gasteiger partial charge in [0.1, 0.15) is 4.83 Å². The molecule has 2 aromatic carbocycles. The lowest BCUT2D eigenvalue weighted by Crippen LogP contribution is -2.23. The van der Waals surface area contributed by atoms with Gasteiger partial charge in [-0.3, -0.25) is 14.2 Å². The fourth-order valence-electron chi connectivity index (χ4n) is 3.38. The number of hydrogen-bond donors (Lipinski definition) is 1. The fraction of sp³-hybridized carbons (Fsp3) is 0.174. The van der Waals surface area contributed by atoms with Crippen LogP contribution in [0.2, 0.25) is 10.0 Å². The minimum Gasteiger partial charge on any atom is -0.325 e. The standard InChI is InChI=1S/C23H16Cl2F3N3O2S2/c1-11-12(2)35-20-19(11)21(33)31(13-7-8-15(24)16(25)9-13)22(30-20)34-10-18(32)29-17-6-4-3-5-14(17)23(26,27)28/h3-9H,10H2,1-2H3,(H,29,32). The van der Waals surface area contributed by atoms with Gasteiger partial charge in [0, 0.05) is 4.88 Å². The van der Waals surface area contributed by atoms with Crippen molar-refractivity contribution in [2.24, 2.45) is 0 Å². The molecular weight excluding hydrogens is 542 g/mol. The average molecular weight is 558 g/mol. The third kappa shape index (κ3) is 5.20. The first-order valence-electron chi connectivity index (χ1n) is 10.0. The molecule has 2 aromatic heterocycles. The Balaban J connectivity index is 1.71. The van der Waals surface area contributed by atoms with Crippen LogP contribution in [-0.4, -0.2) is 21.2 Å². The van der Waals surface area contributed by atoms with Gasteiger partial charge in [0.2, 0.25) is 5.91 Å². The van der Waals surface area contributed by atoms with Gasteiger partial charge in [-0.1, -0.05) is 47.1 Å². The maximum absolute atomic E-state index is 13.5. The second-order valence-corrected chi connectivity index (χ2v) is 10.4. The summed E-state index contributed by atoms with van der Waals surface area (Å²) in [6, 6.07) is 9.36. The van der Waals surface area contributed by atoms with Crippen molar-refractivity contribution in [3.63, 3.8) is 0 Å². The van der Waals surface area contributed by atoms with Crippen molar-refractivity contribution in [2.45, 2.75) is 25.2 Å². The number of anilines is 1. The lowest BCUT2D eigenvalue weighted by atomic mass is 10.1. The van der Waals surface area contributed by atoms with Gasteiger partial charge < -0.3 is 5.32 Å². The number of carbonyl (C=O) groups is 1. The Morgan fingerprint density at radius 2 is 1.86 bits per heavy atom. The molecule has 0 saturated carbocycles. The van der Waals surface area contributed by atoms with E-state index in [9.17, 15) is 22.8 Å². The van der Waals surface area contributed by atoms with Gasteiger partial charge in [-0.2, -0.15) is 13.2 Å². The molecule has 0 spiro atoms. The number of thiophene rings is 1. The van der Waals surface area contributed by atoms with Crippen LogP contribution in [-0.2, 0) is 11.0 Å². The number of thioether (sulfide) groups is 1. The zero-order chi connectivity index (χ0) is 25.5. The van der Waals surface area contributed by atoms with Gasteiger partial charge in [-0.05, 0) is 49.7 Å². The van der Waals surface area contributed by atoms with Crippen LogP contribution in [0.3, 0.4) is 0 Å². The molecule has 4 aromatic rings. The minimum atomic E-state index is -4.62. The number of nitrogens with zero attached hydrogens (tertiary/aromatic N) is 2. The van der Waals surface area contributed by atoms with Gasteiger partial charge in [0.15, 0.2) is 5.16 Å². The number of aromatic nitrogens is 2. The monoisotopic (exact) mass is 557 g/mol. The summed E-state index contributed by atoms with van der Waals surface area (Å²) in [6.07, 6.45) is -4.62. The highest BCUT2D eigenvalue weighted by Crippen LogP contribution is 2.35. The van der Waals surface area contributed by atoms with Crippen LogP contribution in [0.4, 0.5) is 18.9 Å². The zero-order valence-corrected chi connectivity index (χ0v) is 21.3. The molecule has 1 amide bonds. The SMILES string of the molecule is Cc1sc2nc(SCC(=O)Nc3ccccc3C(F)(F)F)n(-c3ccc(Cl)c(Cl)c3)c(=O)c2c1C. The molecule has 0 fully saturated rings. The van der Waals surface area contributed by atoms with E-state index < -0.39 is 17.6 Å². The van der Waals surface area contributed by atoms with Gasteiger partial charge in [0.05, 0.1) is 38.1 Å². The Labute approximate surface area is 215 Å². The molecule has 0 atom stereocenters. The predicted molar refractivity (Wildman–Crippen MR) is 136 cm³/mol. The van der Waals surface area contributed by atoms with E-state index >= 15 is 0 Å². The maximum Gasteiger partial charge on any atom is 0.418 e. The summed E-state index contributed by atoms with van der Waals surface area (Å²) in [7, 11) is 0. The Morgan fingerprint density at radius 3 is 2.54 bits per heavy atom. The first-order valence-corrected chi connectivity index (χ1v) is 12.6. The number of alkyl halides is 3. The van der Waals surface area contributed by atoms with Crippen LogP contribution < -0.4 is 10.9 Å². The smallest absolute Gasteiger partial charge is 0.325 e. The molecule has 0 radical (unpaired) electrons. The molecular formula is C23H16Cl2F3N3O2S2. The number of carbonyl (C=O) groups excluding carboxylic acids is 1. The average Bonchev–Trinajstić information content (AvgIpc) is 3.07. The summed E-state index contributed by atoms with van der Waals surface area (Å²) in [5.41, 5.74) is -0.446. The molecule has 1 N–H and O–H groups in total. The highest BCUT2D eigenvalue weighted by molar-refractivity contribution is 7.99. The predicted octanol–water partition coefficient (Wildman–Crippen LogP) is 7.12. The number of hydrogen-bond acceptors (Lipinski definition) is 5. The number of benzene rings is 2. The molecule has 0 aliphatic heterocycles. The third-order valence-electron chi connectivity index (χ3n) is 5.17. The molecule has 2 heterocycles. The van der Waals surface area contributed by atoms with Crippen molar-refractivity contribution in [2.75, 3.05) is 11.1 Å². The quantitative estimate of drug-likeness (QED) is 0.209. The Bertz CT molecular complexity index is 1520. The molecule has 0 aliphatic rings. The van der Waals surface area contributed by atoms with E-state index in [0.717, 1.165) is 28.3 Å². The molecule has 0 bridgehead atoms. The Kier molecular flexibility index (Phi) is 7.19. The van der Waals surface area contributed by atoms with Gasteiger partial charge in [-0.25, -0.2) is 4.98 Å². The van der Waals surface area contributed by atoms with E-state index in [1.54, 1.807) is 6.07 Å². The molecule has 0 aliphatic carbocycles. The number of fused-ring (bicyclic) bond motifs is 1. The number of amides is 1. The lowest BCUT2D eigenvalue weighted by Gasteiger charge is -2.15. The second-order valence-electron chi connectivity index (χ2n) is 7.48. The Hall–Kier alpha value is -2.53. The van der Waals surface area contributed by atoms with Crippen molar-refractivity contribution >= 4 is 68.1 Å². The molecule has 4 rings (SSSR count). The van der Waals surface area contributed by atoms with Crippen molar-refractivity contribution in [3.05, 3.63) is 78.9 Å². The topological polar surface area (TPSA) is 64.0 Å². The first-order chi connectivity index (χ1) is 16.5.